The summed E-state index contributed by atoms with van der Waals surface area (Å²) in [6.45, 7) is 2.32. The van der Waals surface area contributed by atoms with Gasteiger partial charge in [-0.15, -0.1) is 0 Å². The first-order chi connectivity index (χ1) is 15.5. The lowest BCUT2D eigenvalue weighted by Gasteiger charge is -2.27. The molecular formula is C22H24F3N7. The Morgan fingerprint density at radius 2 is 1.59 bits per heavy atom. The average Bonchev–Trinajstić information content (AvgIpc) is 2.82. The van der Waals surface area contributed by atoms with E-state index in [9.17, 15) is 13.2 Å². The Hall–Kier alpha value is -3.43. The third-order valence-corrected chi connectivity index (χ3v) is 5.12. The molecule has 0 aliphatic carbocycles. The molecule has 10 heteroatoms. The number of nitrogens with one attached hydrogen (secondary N) is 2. The third kappa shape index (κ3) is 5.83. The second-order valence-corrected chi connectivity index (χ2v) is 7.56. The molecule has 2 aromatic heterocycles. The maximum Gasteiger partial charge on any atom is 0.416 e. The highest BCUT2D eigenvalue weighted by Crippen LogP contribution is 2.29. The average molecular weight is 443 g/mol. The normalized spacial score (nSPS) is 14.3. The SMILES string of the molecule is FC(F)(F)c1cccc(CNc2nc(NCc3ccccn3)nc(N3CCCCC3)n2)c1. The molecule has 1 aromatic carbocycles. The molecule has 1 aliphatic rings. The highest BCUT2D eigenvalue weighted by molar-refractivity contribution is 5.44. The van der Waals surface area contributed by atoms with E-state index in [1.165, 1.54) is 12.5 Å². The first-order valence-corrected chi connectivity index (χ1v) is 10.5. The summed E-state index contributed by atoms with van der Waals surface area (Å²) in [5, 5.41) is 6.21. The number of alkyl halides is 3. The van der Waals surface area contributed by atoms with Gasteiger partial charge in [-0.1, -0.05) is 18.2 Å². The van der Waals surface area contributed by atoms with Crippen LogP contribution in [-0.2, 0) is 19.3 Å². The van der Waals surface area contributed by atoms with Gasteiger partial charge in [0.2, 0.25) is 17.8 Å². The van der Waals surface area contributed by atoms with Gasteiger partial charge in [-0.2, -0.15) is 28.1 Å². The van der Waals surface area contributed by atoms with Crippen molar-refractivity contribution in [3.8, 4) is 0 Å². The maximum absolute atomic E-state index is 13.0. The first-order valence-electron chi connectivity index (χ1n) is 10.5. The van der Waals surface area contributed by atoms with Crippen LogP contribution < -0.4 is 15.5 Å². The Morgan fingerprint density at radius 3 is 2.28 bits per heavy atom. The summed E-state index contributed by atoms with van der Waals surface area (Å²) in [4.78, 5) is 19.9. The largest absolute Gasteiger partial charge is 0.416 e. The van der Waals surface area contributed by atoms with E-state index in [1.807, 2.05) is 18.2 Å². The summed E-state index contributed by atoms with van der Waals surface area (Å²) in [6.07, 6.45) is 0.635. The number of anilines is 3. The molecule has 2 N–H and O–H groups in total. The molecule has 1 saturated heterocycles. The molecule has 32 heavy (non-hydrogen) atoms. The molecule has 1 aliphatic heterocycles. The van der Waals surface area contributed by atoms with Crippen molar-refractivity contribution < 1.29 is 13.2 Å². The molecule has 0 radical (unpaired) electrons. The lowest BCUT2D eigenvalue weighted by Crippen LogP contribution is -2.31. The number of halogens is 3. The summed E-state index contributed by atoms with van der Waals surface area (Å²) in [6, 6.07) is 10.9. The lowest BCUT2D eigenvalue weighted by atomic mass is 10.1. The van der Waals surface area contributed by atoms with Gasteiger partial charge in [-0.05, 0) is 49.1 Å². The fraction of sp³-hybridized carbons (Fsp3) is 0.364. The van der Waals surface area contributed by atoms with Gasteiger partial charge in [0, 0.05) is 25.8 Å². The fourth-order valence-electron chi connectivity index (χ4n) is 3.47. The van der Waals surface area contributed by atoms with E-state index >= 15 is 0 Å². The summed E-state index contributed by atoms with van der Waals surface area (Å²) in [5.74, 6) is 1.24. The van der Waals surface area contributed by atoms with Gasteiger partial charge in [-0.3, -0.25) is 4.98 Å². The maximum atomic E-state index is 13.0. The van der Waals surface area contributed by atoms with Crippen LogP contribution in [0.1, 0.15) is 36.1 Å². The zero-order chi connectivity index (χ0) is 22.4. The van der Waals surface area contributed by atoms with E-state index in [2.05, 4.69) is 35.5 Å². The van der Waals surface area contributed by atoms with Crippen LogP contribution in [0, 0.1) is 0 Å². The van der Waals surface area contributed by atoms with Crippen molar-refractivity contribution in [3.05, 3.63) is 65.5 Å². The zero-order valence-corrected chi connectivity index (χ0v) is 17.4. The van der Waals surface area contributed by atoms with Crippen LogP contribution in [0.2, 0.25) is 0 Å². The minimum absolute atomic E-state index is 0.160. The molecule has 0 spiro atoms. The minimum Gasteiger partial charge on any atom is -0.350 e. The minimum atomic E-state index is -4.38. The van der Waals surface area contributed by atoms with Crippen molar-refractivity contribution in [1.29, 1.82) is 0 Å². The van der Waals surface area contributed by atoms with Crippen molar-refractivity contribution >= 4 is 17.8 Å². The molecule has 0 atom stereocenters. The lowest BCUT2D eigenvalue weighted by molar-refractivity contribution is -0.137. The Labute approximate surface area is 184 Å². The van der Waals surface area contributed by atoms with Crippen molar-refractivity contribution in [2.45, 2.75) is 38.5 Å². The van der Waals surface area contributed by atoms with Crippen molar-refractivity contribution in [2.24, 2.45) is 0 Å². The summed E-state index contributed by atoms with van der Waals surface area (Å²) in [5.41, 5.74) is 0.646. The number of aromatic nitrogens is 4. The number of nitrogens with zero attached hydrogens (tertiary/aromatic N) is 5. The van der Waals surface area contributed by atoms with Gasteiger partial charge >= 0.3 is 6.18 Å². The molecule has 3 heterocycles. The number of hydrogen-bond donors (Lipinski definition) is 2. The Balaban J connectivity index is 1.52. The van der Waals surface area contributed by atoms with E-state index < -0.39 is 11.7 Å². The number of pyridine rings is 1. The second-order valence-electron chi connectivity index (χ2n) is 7.56. The number of hydrogen-bond acceptors (Lipinski definition) is 7. The van der Waals surface area contributed by atoms with E-state index in [0.717, 1.165) is 43.8 Å². The molecule has 1 fully saturated rings. The van der Waals surface area contributed by atoms with Crippen LogP contribution in [0.4, 0.5) is 31.0 Å². The molecule has 0 bridgehead atoms. The van der Waals surface area contributed by atoms with Crippen molar-refractivity contribution in [1.82, 2.24) is 19.9 Å². The number of rotatable bonds is 7. The monoisotopic (exact) mass is 443 g/mol. The predicted molar refractivity (Wildman–Crippen MR) is 116 cm³/mol. The van der Waals surface area contributed by atoms with Gasteiger partial charge in [0.05, 0.1) is 17.8 Å². The molecule has 0 unspecified atom stereocenters. The summed E-state index contributed by atoms with van der Waals surface area (Å²) >= 11 is 0. The Morgan fingerprint density at radius 1 is 0.844 bits per heavy atom. The summed E-state index contributed by atoms with van der Waals surface area (Å²) < 4.78 is 39.0. The van der Waals surface area contributed by atoms with Crippen LogP contribution >= 0.6 is 0 Å². The highest BCUT2D eigenvalue weighted by Gasteiger charge is 2.30. The van der Waals surface area contributed by atoms with Gasteiger partial charge in [0.1, 0.15) is 0 Å². The van der Waals surface area contributed by atoms with Crippen LogP contribution in [0.15, 0.2) is 48.7 Å². The van der Waals surface area contributed by atoms with Gasteiger partial charge in [-0.25, -0.2) is 0 Å². The smallest absolute Gasteiger partial charge is 0.350 e. The topological polar surface area (TPSA) is 78.9 Å². The molecule has 168 valence electrons. The Bertz CT molecular complexity index is 1020. The predicted octanol–water partition coefficient (Wildman–Crippen LogP) is 4.50. The molecular weight excluding hydrogens is 419 g/mol. The van der Waals surface area contributed by atoms with E-state index in [1.54, 1.807) is 12.3 Å². The molecule has 7 nitrogen and oxygen atoms in total. The standard InChI is InChI=1S/C22H24F3N7/c23-22(24,25)17-8-6-7-16(13-17)14-27-19-29-20(28-15-18-9-2-3-10-26-18)31-21(30-19)32-11-4-1-5-12-32/h2-3,6-10,13H,1,4-5,11-12,14-15H2,(H2,27,28,29,30,31). The second kappa shape index (κ2) is 9.80. The van der Waals surface area contributed by atoms with Gasteiger partial charge < -0.3 is 15.5 Å². The molecule has 0 amide bonds. The molecule has 4 rings (SSSR count). The zero-order valence-electron chi connectivity index (χ0n) is 17.4. The van der Waals surface area contributed by atoms with Crippen molar-refractivity contribution in [2.75, 3.05) is 28.6 Å². The highest BCUT2D eigenvalue weighted by atomic mass is 19.4. The third-order valence-electron chi connectivity index (χ3n) is 5.12. The fourth-order valence-corrected chi connectivity index (χ4v) is 3.47. The molecule has 3 aromatic rings. The number of piperidine rings is 1. The van der Waals surface area contributed by atoms with E-state index in [4.69, 9.17) is 0 Å². The van der Waals surface area contributed by atoms with Crippen LogP contribution in [0.5, 0.6) is 0 Å². The quantitative estimate of drug-likeness (QED) is 0.557. The van der Waals surface area contributed by atoms with Crippen molar-refractivity contribution in [3.63, 3.8) is 0 Å². The van der Waals surface area contributed by atoms with Crippen LogP contribution in [0.25, 0.3) is 0 Å². The Kier molecular flexibility index (Phi) is 6.67. The number of benzene rings is 1. The first kappa shape index (κ1) is 21.8. The van der Waals surface area contributed by atoms with Crippen LogP contribution in [0.3, 0.4) is 0 Å². The van der Waals surface area contributed by atoms with E-state index in [0.29, 0.717) is 30.0 Å². The van der Waals surface area contributed by atoms with E-state index in [-0.39, 0.29) is 6.54 Å². The molecule has 0 saturated carbocycles. The van der Waals surface area contributed by atoms with Gasteiger partial charge in [0.25, 0.3) is 0 Å². The van der Waals surface area contributed by atoms with Gasteiger partial charge in [0.15, 0.2) is 0 Å². The van der Waals surface area contributed by atoms with Crippen LogP contribution in [-0.4, -0.2) is 33.0 Å². The summed E-state index contributed by atoms with van der Waals surface area (Å²) in [7, 11) is 0.